The number of amides is 4. The summed E-state index contributed by atoms with van der Waals surface area (Å²) in [7, 11) is 0. The van der Waals surface area contributed by atoms with Crippen molar-refractivity contribution in [2.24, 2.45) is 0 Å². The van der Waals surface area contributed by atoms with E-state index in [9.17, 15) is 9.59 Å². The SMILES string of the molecule is C[C@@H]1CN(C(=O)Nc2ccncc2)CCN1C(=O)Nc1ccncc1. The number of hydrogen-bond acceptors (Lipinski definition) is 4. The molecule has 0 aromatic carbocycles. The van der Waals surface area contributed by atoms with Gasteiger partial charge in [-0.05, 0) is 31.2 Å². The van der Waals surface area contributed by atoms with E-state index < -0.39 is 0 Å². The number of pyridine rings is 2. The lowest BCUT2D eigenvalue weighted by atomic mass is 10.2. The lowest BCUT2D eigenvalue weighted by Gasteiger charge is -2.39. The van der Waals surface area contributed by atoms with Crippen LogP contribution < -0.4 is 10.6 Å². The minimum Gasteiger partial charge on any atom is -0.321 e. The van der Waals surface area contributed by atoms with E-state index >= 15 is 0 Å². The topological polar surface area (TPSA) is 90.5 Å². The Labute approximate surface area is 145 Å². The van der Waals surface area contributed by atoms with Gasteiger partial charge in [0, 0.05) is 61.8 Å². The van der Waals surface area contributed by atoms with E-state index in [0.717, 1.165) is 0 Å². The van der Waals surface area contributed by atoms with Crippen LogP contribution in [0.15, 0.2) is 49.1 Å². The second kappa shape index (κ2) is 7.61. The van der Waals surface area contributed by atoms with E-state index in [1.807, 2.05) is 6.92 Å². The Bertz CT molecular complexity index is 724. The molecule has 1 fully saturated rings. The molecule has 3 rings (SSSR count). The molecule has 0 unspecified atom stereocenters. The number of rotatable bonds is 2. The zero-order chi connectivity index (χ0) is 17.6. The van der Waals surface area contributed by atoms with Gasteiger partial charge in [0.25, 0.3) is 0 Å². The van der Waals surface area contributed by atoms with Crippen LogP contribution in [0, 0.1) is 0 Å². The lowest BCUT2D eigenvalue weighted by molar-refractivity contribution is 0.124. The van der Waals surface area contributed by atoms with Gasteiger partial charge in [0.2, 0.25) is 0 Å². The third-order valence-corrected chi connectivity index (χ3v) is 4.04. The quantitative estimate of drug-likeness (QED) is 0.877. The number of carbonyl (C=O) groups excluding carboxylic acids is 2. The number of carbonyl (C=O) groups is 2. The summed E-state index contributed by atoms with van der Waals surface area (Å²) in [5, 5.41) is 5.68. The van der Waals surface area contributed by atoms with Gasteiger partial charge in [-0.3, -0.25) is 9.97 Å². The molecule has 0 bridgehead atoms. The highest BCUT2D eigenvalue weighted by atomic mass is 16.2. The lowest BCUT2D eigenvalue weighted by Crippen LogP contribution is -2.57. The van der Waals surface area contributed by atoms with Crippen molar-refractivity contribution in [2.75, 3.05) is 30.3 Å². The second-order valence-electron chi connectivity index (χ2n) is 5.82. The summed E-state index contributed by atoms with van der Waals surface area (Å²) < 4.78 is 0. The highest BCUT2D eigenvalue weighted by Crippen LogP contribution is 2.14. The number of nitrogens with one attached hydrogen (secondary N) is 2. The highest BCUT2D eigenvalue weighted by Gasteiger charge is 2.29. The first-order chi connectivity index (χ1) is 12.1. The minimum absolute atomic E-state index is 0.0845. The maximum atomic E-state index is 12.4. The van der Waals surface area contributed by atoms with Gasteiger partial charge in [-0.2, -0.15) is 0 Å². The zero-order valence-electron chi connectivity index (χ0n) is 13.9. The largest absolute Gasteiger partial charge is 0.322 e. The van der Waals surface area contributed by atoms with Gasteiger partial charge < -0.3 is 20.4 Å². The van der Waals surface area contributed by atoms with Crippen molar-refractivity contribution in [3.05, 3.63) is 49.1 Å². The third kappa shape index (κ3) is 4.23. The molecule has 130 valence electrons. The van der Waals surface area contributed by atoms with Crippen LogP contribution >= 0.6 is 0 Å². The van der Waals surface area contributed by atoms with E-state index in [2.05, 4.69) is 20.6 Å². The highest BCUT2D eigenvalue weighted by molar-refractivity contribution is 5.91. The maximum absolute atomic E-state index is 12.4. The van der Waals surface area contributed by atoms with Crippen LogP contribution in [0.4, 0.5) is 21.0 Å². The van der Waals surface area contributed by atoms with Gasteiger partial charge in [0.05, 0.1) is 0 Å². The summed E-state index contributed by atoms with van der Waals surface area (Å²) >= 11 is 0. The first kappa shape index (κ1) is 16.7. The molecule has 0 saturated carbocycles. The fraction of sp³-hybridized carbons (Fsp3) is 0.294. The number of nitrogens with zero attached hydrogens (tertiary/aromatic N) is 4. The van der Waals surface area contributed by atoms with Crippen molar-refractivity contribution in [1.29, 1.82) is 0 Å². The van der Waals surface area contributed by atoms with E-state index in [4.69, 9.17) is 0 Å². The van der Waals surface area contributed by atoms with Gasteiger partial charge >= 0.3 is 12.1 Å². The van der Waals surface area contributed by atoms with Crippen LogP contribution in [0.3, 0.4) is 0 Å². The summed E-state index contributed by atoms with van der Waals surface area (Å²) in [5.74, 6) is 0. The van der Waals surface area contributed by atoms with Crippen LogP contribution in [-0.2, 0) is 0 Å². The van der Waals surface area contributed by atoms with Crippen molar-refractivity contribution in [2.45, 2.75) is 13.0 Å². The van der Waals surface area contributed by atoms with Crippen LogP contribution in [0.5, 0.6) is 0 Å². The zero-order valence-corrected chi connectivity index (χ0v) is 13.9. The van der Waals surface area contributed by atoms with Crippen molar-refractivity contribution in [3.63, 3.8) is 0 Å². The van der Waals surface area contributed by atoms with Gasteiger partial charge in [0.15, 0.2) is 0 Å². The monoisotopic (exact) mass is 340 g/mol. The second-order valence-corrected chi connectivity index (χ2v) is 5.82. The van der Waals surface area contributed by atoms with Gasteiger partial charge in [-0.1, -0.05) is 0 Å². The smallest absolute Gasteiger partial charge is 0.321 e. The number of aromatic nitrogens is 2. The van der Waals surface area contributed by atoms with E-state index in [-0.39, 0.29) is 18.1 Å². The predicted molar refractivity (Wildman–Crippen MR) is 94.3 cm³/mol. The van der Waals surface area contributed by atoms with E-state index in [1.165, 1.54) is 0 Å². The maximum Gasteiger partial charge on any atom is 0.322 e. The molecule has 3 heterocycles. The molecule has 4 amide bonds. The number of urea groups is 2. The molecule has 1 atom stereocenters. The Morgan fingerprint density at radius 2 is 1.44 bits per heavy atom. The van der Waals surface area contributed by atoms with Crippen LogP contribution in [0.2, 0.25) is 0 Å². The van der Waals surface area contributed by atoms with Crippen molar-refractivity contribution in [1.82, 2.24) is 19.8 Å². The Morgan fingerprint density at radius 1 is 0.920 bits per heavy atom. The summed E-state index contributed by atoms with van der Waals surface area (Å²) in [6.45, 7) is 3.35. The molecular weight excluding hydrogens is 320 g/mol. The van der Waals surface area contributed by atoms with Crippen molar-refractivity contribution < 1.29 is 9.59 Å². The van der Waals surface area contributed by atoms with Gasteiger partial charge in [-0.25, -0.2) is 9.59 Å². The molecule has 0 aliphatic carbocycles. The molecule has 1 aliphatic rings. The average molecular weight is 340 g/mol. The molecule has 8 heteroatoms. The third-order valence-electron chi connectivity index (χ3n) is 4.04. The summed E-state index contributed by atoms with van der Waals surface area (Å²) in [6.07, 6.45) is 6.50. The molecule has 2 N–H and O–H groups in total. The standard InChI is InChI=1S/C17H20N6O2/c1-13-12-22(16(24)20-14-2-6-18-7-3-14)10-11-23(13)17(25)21-15-4-8-19-9-5-15/h2-9,13H,10-12H2,1H3,(H,18,20,24)(H,19,21,25)/t13-/m1/s1. The molecular formula is C17H20N6O2. The number of hydrogen-bond donors (Lipinski definition) is 2. The molecule has 0 radical (unpaired) electrons. The van der Waals surface area contributed by atoms with Gasteiger partial charge in [0.1, 0.15) is 0 Å². The Hall–Kier alpha value is -3.16. The Kier molecular flexibility index (Phi) is 5.08. The predicted octanol–water partition coefficient (Wildman–Crippen LogP) is 2.25. The fourth-order valence-electron chi connectivity index (χ4n) is 2.71. The summed E-state index contributed by atoms with van der Waals surface area (Å²) in [5.41, 5.74) is 1.40. The number of anilines is 2. The number of piperazine rings is 1. The van der Waals surface area contributed by atoms with Crippen LogP contribution in [0.1, 0.15) is 6.92 Å². The minimum atomic E-state index is -0.174. The molecule has 1 aliphatic heterocycles. The first-order valence-electron chi connectivity index (χ1n) is 8.07. The van der Waals surface area contributed by atoms with Crippen LogP contribution in [0.25, 0.3) is 0 Å². The van der Waals surface area contributed by atoms with E-state index in [0.29, 0.717) is 31.0 Å². The Balaban J connectivity index is 1.55. The van der Waals surface area contributed by atoms with Gasteiger partial charge in [-0.15, -0.1) is 0 Å². The molecule has 2 aromatic rings. The average Bonchev–Trinajstić information content (AvgIpc) is 2.63. The molecule has 25 heavy (non-hydrogen) atoms. The normalized spacial score (nSPS) is 17.1. The van der Waals surface area contributed by atoms with Crippen molar-refractivity contribution >= 4 is 23.4 Å². The Morgan fingerprint density at radius 3 is 1.96 bits per heavy atom. The van der Waals surface area contributed by atoms with E-state index in [1.54, 1.807) is 58.9 Å². The molecule has 2 aromatic heterocycles. The van der Waals surface area contributed by atoms with Crippen LogP contribution in [-0.4, -0.2) is 57.5 Å². The summed E-state index contributed by atoms with van der Waals surface area (Å²) in [4.78, 5) is 36.1. The fourth-order valence-corrected chi connectivity index (χ4v) is 2.71. The molecule has 0 spiro atoms. The van der Waals surface area contributed by atoms with Crippen molar-refractivity contribution in [3.8, 4) is 0 Å². The first-order valence-corrected chi connectivity index (χ1v) is 8.07. The molecule has 1 saturated heterocycles. The summed E-state index contributed by atoms with van der Waals surface area (Å²) in [6, 6.07) is 6.51. The molecule has 8 nitrogen and oxygen atoms in total.